The Kier molecular flexibility index (Phi) is 4.39. The Morgan fingerprint density at radius 3 is 2.70 bits per heavy atom. The Bertz CT molecular complexity index is 792. The lowest BCUT2D eigenvalue weighted by Gasteiger charge is -2.39. The minimum Gasteiger partial charge on any atom is -0.336 e. The van der Waals surface area contributed by atoms with Gasteiger partial charge in [0.05, 0.1) is 17.2 Å². The fraction of sp³-hybridized carbons (Fsp3) is 0.471. The molecule has 1 aromatic carbocycles. The third kappa shape index (κ3) is 3.11. The first-order chi connectivity index (χ1) is 11.0. The maximum absolute atomic E-state index is 12.7. The summed E-state index contributed by atoms with van der Waals surface area (Å²) in [6, 6.07) is 5.43. The molecule has 0 aliphatic carbocycles. The molecular weight excluding hydrogens is 314 g/mol. The number of amides is 1. The highest BCUT2D eigenvalue weighted by atomic mass is 35.5. The van der Waals surface area contributed by atoms with Crippen LogP contribution in [0, 0.1) is 0 Å². The molecule has 3 rings (SSSR count). The Balaban J connectivity index is 1.90. The molecule has 0 bridgehead atoms. The molecule has 2 heterocycles. The summed E-state index contributed by atoms with van der Waals surface area (Å²) in [6.07, 6.45) is 4.60. The van der Waals surface area contributed by atoms with Crippen LogP contribution in [0.5, 0.6) is 0 Å². The Labute approximate surface area is 139 Å². The number of carbonyl (C=O) groups is 1. The van der Waals surface area contributed by atoms with Crippen molar-refractivity contribution < 1.29 is 4.79 Å². The van der Waals surface area contributed by atoms with Gasteiger partial charge in [-0.05, 0) is 51.3 Å². The highest BCUT2D eigenvalue weighted by Gasteiger charge is 2.29. The summed E-state index contributed by atoms with van der Waals surface area (Å²) in [5.74, 6) is -0.0324. The zero-order valence-electron chi connectivity index (χ0n) is 13.3. The van der Waals surface area contributed by atoms with Gasteiger partial charge >= 0.3 is 0 Å². The van der Waals surface area contributed by atoms with E-state index in [0.29, 0.717) is 15.9 Å². The van der Waals surface area contributed by atoms with E-state index in [0.717, 1.165) is 19.3 Å². The lowest BCUT2D eigenvalue weighted by atomic mass is 9.97. The van der Waals surface area contributed by atoms with Gasteiger partial charge in [0.25, 0.3) is 5.56 Å². The first kappa shape index (κ1) is 16.0. The number of carbonyl (C=O) groups excluding carboxylic acids is 1. The molecule has 23 heavy (non-hydrogen) atoms. The highest BCUT2D eigenvalue weighted by Crippen LogP contribution is 2.22. The molecule has 0 spiro atoms. The summed E-state index contributed by atoms with van der Waals surface area (Å²) < 4.78 is 1.37. The molecule has 1 aliphatic rings. The van der Waals surface area contributed by atoms with Crippen molar-refractivity contribution in [1.82, 2.24) is 14.5 Å². The molecule has 122 valence electrons. The Hall–Kier alpha value is -1.88. The summed E-state index contributed by atoms with van der Waals surface area (Å²) in [7, 11) is 0. The van der Waals surface area contributed by atoms with Gasteiger partial charge in [-0.25, -0.2) is 4.98 Å². The van der Waals surface area contributed by atoms with Crippen LogP contribution in [0.1, 0.15) is 33.1 Å². The second-order valence-corrected chi connectivity index (χ2v) is 6.71. The van der Waals surface area contributed by atoms with E-state index >= 15 is 0 Å². The monoisotopic (exact) mass is 333 g/mol. The predicted octanol–water partition coefficient (Wildman–Crippen LogP) is 2.84. The molecule has 2 aromatic rings. The van der Waals surface area contributed by atoms with Crippen LogP contribution in [-0.4, -0.2) is 32.4 Å². The van der Waals surface area contributed by atoms with Gasteiger partial charge in [0, 0.05) is 17.1 Å². The van der Waals surface area contributed by atoms with E-state index < -0.39 is 0 Å². The minimum atomic E-state index is -0.233. The molecule has 5 nitrogen and oxygen atoms in total. The molecule has 0 radical (unpaired) electrons. The van der Waals surface area contributed by atoms with Gasteiger partial charge in [0.2, 0.25) is 5.91 Å². The van der Waals surface area contributed by atoms with Crippen molar-refractivity contribution in [3.8, 4) is 0 Å². The lowest BCUT2D eigenvalue weighted by molar-refractivity contribution is -0.138. The van der Waals surface area contributed by atoms with Crippen LogP contribution in [0.3, 0.4) is 0 Å². The molecule has 1 fully saturated rings. The van der Waals surface area contributed by atoms with Crippen LogP contribution < -0.4 is 5.56 Å². The van der Waals surface area contributed by atoms with Crippen molar-refractivity contribution in [2.45, 2.75) is 51.7 Å². The number of hydrogen-bond donors (Lipinski definition) is 0. The number of benzene rings is 1. The topological polar surface area (TPSA) is 55.2 Å². The Morgan fingerprint density at radius 2 is 2.00 bits per heavy atom. The summed E-state index contributed by atoms with van der Waals surface area (Å²) in [6.45, 7) is 4.15. The van der Waals surface area contributed by atoms with Crippen molar-refractivity contribution in [2.24, 2.45) is 0 Å². The molecule has 0 saturated carbocycles. The molecule has 2 atom stereocenters. The number of hydrogen-bond acceptors (Lipinski definition) is 3. The lowest BCUT2D eigenvalue weighted by Crippen LogP contribution is -2.49. The number of aromatic nitrogens is 2. The molecule has 0 N–H and O–H groups in total. The van der Waals surface area contributed by atoms with E-state index in [9.17, 15) is 9.59 Å². The van der Waals surface area contributed by atoms with E-state index in [1.165, 1.54) is 10.9 Å². The number of fused-ring (bicyclic) bond motifs is 1. The van der Waals surface area contributed by atoms with Gasteiger partial charge in [0.1, 0.15) is 6.54 Å². The largest absolute Gasteiger partial charge is 0.336 e. The SMILES string of the molecule is C[C@H]1CCC[C@H](C)N1C(=O)Cn1cnc2ccc(Cl)cc2c1=O. The molecule has 1 amide bonds. The molecule has 0 unspecified atom stereocenters. The number of halogens is 1. The number of likely N-dealkylation sites (tertiary alicyclic amines) is 1. The average Bonchev–Trinajstić information content (AvgIpc) is 2.50. The molecule has 1 aromatic heterocycles. The van der Waals surface area contributed by atoms with E-state index in [4.69, 9.17) is 11.6 Å². The van der Waals surface area contributed by atoms with E-state index in [1.807, 2.05) is 4.90 Å². The quantitative estimate of drug-likeness (QED) is 0.849. The maximum Gasteiger partial charge on any atom is 0.261 e. The maximum atomic E-state index is 12.7. The molecular formula is C17H20ClN3O2. The van der Waals surface area contributed by atoms with Crippen LogP contribution in [-0.2, 0) is 11.3 Å². The van der Waals surface area contributed by atoms with Crippen molar-refractivity contribution >= 4 is 28.4 Å². The van der Waals surface area contributed by atoms with Crippen molar-refractivity contribution in [1.29, 1.82) is 0 Å². The molecule has 1 aliphatic heterocycles. The van der Waals surface area contributed by atoms with E-state index in [-0.39, 0.29) is 30.1 Å². The Morgan fingerprint density at radius 1 is 1.30 bits per heavy atom. The number of rotatable bonds is 2. The van der Waals surface area contributed by atoms with Gasteiger partial charge in [-0.2, -0.15) is 0 Å². The van der Waals surface area contributed by atoms with E-state index in [2.05, 4.69) is 18.8 Å². The smallest absolute Gasteiger partial charge is 0.261 e. The molecule has 1 saturated heterocycles. The first-order valence-electron chi connectivity index (χ1n) is 7.93. The zero-order chi connectivity index (χ0) is 16.6. The van der Waals surface area contributed by atoms with Crippen LogP contribution in [0.2, 0.25) is 5.02 Å². The van der Waals surface area contributed by atoms with Gasteiger partial charge < -0.3 is 4.90 Å². The average molecular weight is 334 g/mol. The highest BCUT2D eigenvalue weighted by molar-refractivity contribution is 6.31. The summed E-state index contributed by atoms with van der Waals surface area (Å²) in [5.41, 5.74) is 0.353. The van der Waals surface area contributed by atoms with Crippen LogP contribution in [0.4, 0.5) is 0 Å². The van der Waals surface area contributed by atoms with Gasteiger partial charge in [-0.15, -0.1) is 0 Å². The van der Waals surface area contributed by atoms with Crippen molar-refractivity contribution in [2.75, 3.05) is 0 Å². The van der Waals surface area contributed by atoms with Gasteiger partial charge in [0.15, 0.2) is 0 Å². The molecule has 6 heteroatoms. The third-order valence-electron chi connectivity index (χ3n) is 4.57. The zero-order valence-corrected chi connectivity index (χ0v) is 14.1. The van der Waals surface area contributed by atoms with Crippen LogP contribution in [0.25, 0.3) is 10.9 Å². The number of nitrogens with zero attached hydrogens (tertiary/aromatic N) is 3. The summed E-state index contributed by atoms with van der Waals surface area (Å²) >= 11 is 5.96. The second kappa shape index (κ2) is 6.32. The van der Waals surface area contributed by atoms with Crippen LogP contribution >= 0.6 is 11.6 Å². The number of piperidine rings is 1. The van der Waals surface area contributed by atoms with Crippen LogP contribution in [0.15, 0.2) is 29.3 Å². The minimum absolute atomic E-state index is 0.0168. The van der Waals surface area contributed by atoms with E-state index in [1.54, 1.807) is 18.2 Å². The fourth-order valence-electron chi connectivity index (χ4n) is 3.38. The normalized spacial score (nSPS) is 21.6. The second-order valence-electron chi connectivity index (χ2n) is 6.27. The predicted molar refractivity (Wildman–Crippen MR) is 90.6 cm³/mol. The fourth-order valence-corrected chi connectivity index (χ4v) is 3.56. The van der Waals surface area contributed by atoms with Crippen molar-refractivity contribution in [3.05, 3.63) is 39.9 Å². The third-order valence-corrected chi connectivity index (χ3v) is 4.81. The van der Waals surface area contributed by atoms with Crippen molar-refractivity contribution in [3.63, 3.8) is 0 Å². The standard InChI is InChI=1S/C17H20ClN3O2/c1-11-4-3-5-12(2)21(11)16(22)9-20-10-19-15-7-6-13(18)8-14(15)17(20)23/h6-8,10-12H,3-5,9H2,1-2H3/t11-,12-/m0/s1. The van der Waals surface area contributed by atoms with Gasteiger partial charge in [-0.1, -0.05) is 11.6 Å². The van der Waals surface area contributed by atoms with Gasteiger partial charge in [-0.3, -0.25) is 14.2 Å². The summed E-state index contributed by atoms with van der Waals surface area (Å²) in [4.78, 5) is 31.4. The summed E-state index contributed by atoms with van der Waals surface area (Å²) in [5, 5.41) is 0.922. The first-order valence-corrected chi connectivity index (χ1v) is 8.31.